The van der Waals surface area contributed by atoms with Crippen molar-refractivity contribution < 1.29 is 24.2 Å². The normalized spacial score (nSPS) is 24.5. The number of fused-ring (bicyclic) bond motifs is 1. The van der Waals surface area contributed by atoms with E-state index in [1.165, 1.54) is 11.8 Å². The quantitative estimate of drug-likeness (QED) is 0.869. The van der Waals surface area contributed by atoms with Crippen LogP contribution >= 0.6 is 0 Å². The molecule has 27 heavy (non-hydrogen) atoms. The molecule has 0 radical (unpaired) electrons. The van der Waals surface area contributed by atoms with E-state index in [2.05, 4.69) is 0 Å². The molecular formula is C20H26N2O5. The summed E-state index contributed by atoms with van der Waals surface area (Å²) in [5.74, 6) is -0.542. The number of rotatable bonds is 4. The maximum absolute atomic E-state index is 13.0. The lowest BCUT2D eigenvalue weighted by atomic mass is 9.97. The molecule has 1 N–H and O–H groups in total. The number of nitrogens with zero attached hydrogens (tertiary/aromatic N) is 2. The van der Waals surface area contributed by atoms with Gasteiger partial charge >= 0.3 is 5.97 Å². The molecule has 2 aliphatic heterocycles. The number of hydrogen-bond donors (Lipinski definition) is 1. The monoisotopic (exact) mass is 374 g/mol. The fraction of sp³-hybridized carbons (Fsp3) is 0.550. The zero-order chi connectivity index (χ0) is 19.6. The Morgan fingerprint density at radius 2 is 1.96 bits per heavy atom. The van der Waals surface area contributed by atoms with Gasteiger partial charge in [-0.1, -0.05) is 25.1 Å². The van der Waals surface area contributed by atoms with Crippen molar-refractivity contribution in [2.45, 2.75) is 51.2 Å². The van der Waals surface area contributed by atoms with E-state index in [1.807, 2.05) is 31.2 Å². The van der Waals surface area contributed by atoms with Gasteiger partial charge in [0.25, 0.3) is 5.91 Å². The number of carboxylic acid groups (broad SMARTS) is 1. The Kier molecular flexibility index (Phi) is 5.68. The maximum Gasteiger partial charge on any atom is 0.323 e. The molecule has 1 saturated heterocycles. The third-order valence-corrected chi connectivity index (χ3v) is 5.52. The summed E-state index contributed by atoms with van der Waals surface area (Å²) in [7, 11) is 0. The zero-order valence-corrected chi connectivity index (χ0v) is 15.8. The number of aliphatic carboxylic acids is 1. The van der Waals surface area contributed by atoms with Crippen LogP contribution < -0.4 is 4.74 Å². The van der Waals surface area contributed by atoms with Gasteiger partial charge in [-0.25, -0.2) is 0 Å². The van der Waals surface area contributed by atoms with Crippen LogP contribution in [0.15, 0.2) is 24.3 Å². The number of amides is 2. The molecular weight excluding hydrogens is 348 g/mol. The van der Waals surface area contributed by atoms with Crippen LogP contribution in [0.1, 0.15) is 44.6 Å². The Hall–Kier alpha value is -2.57. The number of carboxylic acids is 1. The largest absolute Gasteiger partial charge is 0.480 e. The van der Waals surface area contributed by atoms with Crippen molar-refractivity contribution in [2.24, 2.45) is 0 Å². The van der Waals surface area contributed by atoms with Crippen molar-refractivity contribution in [3.8, 4) is 5.75 Å². The highest BCUT2D eigenvalue weighted by molar-refractivity contribution is 5.84. The van der Waals surface area contributed by atoms with Gasteiger partial charge in [-0.3, -0.25) is 14.4 Å². The van der Waals surface area contributed by atoms with Gasteiger partial charge in [0.05, 0.1) is 0 Å². The summed E-state index contributed by atoms with van der Waals surface area (Å²) in [5, 5.41) is 9.06. The van der Waals surface area contributed by atoms with E-state index in [0.29, 0.717) is 25.9 Å². The second-order valence-corrected chi connectivity index (χ2v) is 7.32. The molecule has 7 heteroatoms. The number of para-hydroxylation sites is 1. The number of ether oxygens (including phenoxy) is 1. The highest BCUT2D eigenvalue weighted by Gasteiger charge is 2.39. The van der Waals surface area contributed by atoms with E-state index >= 15 is 0 Å². The van der Waals surface area contributed by atoms with Crippen LogP contribution in [0.3, 0.4) is 0 Å². The lowest BCUT2D eigenvalue weighted by Crippen LogP contribution is -2.45. The first kappa shape index (κ1) is 19.2. The van der Waals surface area contributed by atoms with Crippen molar-refractivity contribution in [2.75, 3.05) is 19.6 Å². The minimum Gasteiger partial charge on any atom is -0.480 e. The molecule has 3 rings (SSSR count). The number of carbonyl (C=O) groups excluding carboxylic acids is 2. The number of likely N-dealkylation sites (tertiary alicyclic amines) is 1. The molecule has 0 aromatic heterocycles. The van der Waals surface area contributed by atoms with Gasteiger partial charge < -0.3 is 19.6 Å². The Morgan fingerprint density at radius 3 is 2.63 bits per heavy atom. The van der Waals surface area contributed by atoms with Gasteiger partial charge in [0.2, 0.25) is 5.91 Å². The minimum atomic E-state index is -1.02. The van der Waals surface area contributed by atoms with Crippen molar-refractivity contribution in [1.29, 1.82) is 0 Å². The van der Waals surface area contributed by atoms with Crippen LogP contribution in [0.5, 0.6) is 5.75 Å². The van der Waals surface area contributed by atoms with E-state index in [-0.39, 0.29) is 30.3 Å². The van der Waals surface area contributed by atoms with E-state index in [4.69, 9.17) is 9.84 Å². The first-order chi connectivity index (χ1) is 12.9. The molecule has 146 valence electrons. The topological polar surface area (TPSA) is 87.2 Å². The molecule has 0 spiro atoms. The third-order valence-electron chi connectivity index (χ3n) is 5.52. The highest BCUT2D eigenvalue weighted by Crippen LogP contribution is 2.38. The van der Waals surface area contributed by atoms with Crippen molar-refractivity contribution >= 4 is 17.8 Å². The van der Waals surface area contributed by atoms with Gasteiger partial charge in [0, 0.05) is 37.5 Å². The van der Waals surface area contributed by atoms with Crippen molar-refractivity contribution in [1.82, 2.24) is 9.80 Å². The summed E-state index contributed by atoms with van der Waals surface area (Å²) in [5.41, 5.74) is 1.05. The number of carbonyl (C=O) groups is 3. The molecule has 2 amide bonds. The van der Waals surface area contributed by atoms with Crippen LogP contribution in [0.2, 0.25) is 0 Å². The Bertz CT molecular complexity index is 735. The van der Waals surface area contributed by atoms with Crippen molar-refractivity contribution in [3.63, 3.8) is 0 Å². The number of benzene rings is 1. The molecule has 0 saturated carbocycles. The second kappa shape index (κ2) is 7.98. The second-order valence-electron chi connectivity index (χ2n) is 7.32. The molecule has 1 fully saturated rings. The standard InChI is InChI=1S/C20H26N2O5/c1-13-16-7-3-4-8-17(16)27-19(13)20(26)21-10-5-6-15(9-11-21)22(14(2)23)12-18(24)25/h3-4,7-8,13,15,19H,5-6,9-12H2,1-2H3,(H,24,25)/t13-,15-,19-/m1/s1. The average Bonchev–Trinajstić information content (AvgIpc) is 2.81. The summed E-state index contributed by atoms with van der Waals surface area (Å²) in [6.45, 7) is 4.18. The van der Waals surface area contributed by atoms with E-state index in [0.717, 1.165) is 17.7 Å². The fourth-order valence-electron chi connectivity index (χ4n) is 4.06. The van der Waals surface area contributed by atoms with Crippen LogP contribution in [0.25, 0.3) is 0 Å². The zero-order valence-electron chi connectivity index (χ0n) is 15.8. The molecule has 0 aliphatic carbocycles. The molecule has 2 heterocycles. The fourth-order valence-corrected chi connectivity index (χ4v) is 4.06. The Morgan fingerprint density at radius 1 is 1.22 bits per heavy atom. The van der Waals surface area contributed by atoms with Crippen LogP contribution in [0, 0.1) is 0 Å². The molecule has 3 atom stereocenters. The maximum atomic E-state index is 13.0. The van der Waals surface area contributed by atoms with Crippen LogP contribution in [0.4, 0.5) is 0 Å². The smallest absolute Gasteiger partial charge is 0.323 e. The summed E-state index contributed by atoms with van der Waals surface area (Å²) in [6, 6.07) is 7.56. The van der Waals surface area contributed by atoms with Crippen molar-refractivity contribution in [3.05, 3.63) is 29.8 Å². The predicted octanol–water partition coefficient (Wildman–Crippen LogP) is 1.87. The molecule has 7 nitrogen and oxygen atoms in total. The highest BCUT2D eigenvalue weighted by atomic mass is 16.5. The molecule has 2 aliphatic rings. The van der Waals surface area contributed by atoms with Crippen LogP contribution in [-0.2, 0) is 14.4 Å². The lowest BCUT2D eigenvalue weighted by molar-refractivity contribution is -0.145. The SMILES string of the molecule is CC(=O)N(CC(=O)O)[C@@H]1CCCN(C(=O)[C@@H]2Oc3ccccc3[C@H]2C)CC1. The summed E-state index contributed by atoms with van der Waals surface area (Å²) in [6.07, 6.45) is 1.47. The number of hydrogen-bond acceptors (Lipinski definition) is 4. The summed E-state index contributed by atoms with van der Waals surface area (Å²) >= 11 is 0. The van der Waals surface area contributed by atoms with E-state index < -0.39 is 12.1 Å². The molecule has 0 bridgehead atoms. The van der Waals surface area contributed by atoms with E-state index in [1.54, 1.807) is 4.90 Å². The first-order valence-electron chi connectivity index (χ1n) is 9.42. The minimum absolute atomic E-state index is 0.00604. The van der Waals surface area contributed by atoms with Gasteiger partial charge in [0.1, 0.15) is 12.3 Å². The van der Waals surface area contributed by atoms with Gasteiger partial charge in [-0.05, 0) is 25.3 Å². The van der Waals surface area contributed by atoms with Gasteiger partial charge in [0.15, 0.2) is 6.10 Å². The third kappa shape index (κ3) is 4.07. The van der Waals surface area contributed by atoms with Crippen LogP contribution in [-0.4, -0.2) is 64.5 Å². The Balaban J connectivity index is 1.65. The van der Waals surface area contributed by atoms with E-state index in [9.17, 15) is 14.4 Å². The van der Waals surface area contributed by atoms with Gasteiger partial charge in [-0.2, -0.15) is 0 Å². The molecule has 0 unspecified atom stereocenters. The Labute approximate surface area is 158 Å². The first-order valence-corrected chi connectivity index (χ1v) is 9.42. The van der Waals surface area contributed by atoms with Gasteiger partial charge in [-0.15, -0.1) is 0 Å². The summed E-state index contributed by atoms with van der Waals surface area (Å²) in [4.78, 5) is 39.2. The summed E-state index contributed by atoms with van der Waals surface area (Å²) < 4.78 is 5.91. The predicted molar refractivity (Wildman–Crippen MR) is 98.5 cm³/mol. The average molecular weight is 374 g/mol. The molecule has 1 aromatic carbocycles. The molecule has 1 aromatic rings. The lowest BCUT2D eigenvalue weighted by Gasteiger charge is -2.29.